The van der Waals surface area contributed by atoms with Crippen molar-refractivity contribution in [3.05, 3.63) is 5.82 Å². The lowest BCUT2D eigenvalue weighted by atomic mass is 9.94. The van der Waals surface area contributed by atoms with E-state index in [1.807, 2.05) is 0 Å². The Morgan fingerprint density at radius 3 is 2.62 bits per heavy atom. The molecule has 1 atom stereocenters. The molecule has 0 bridgehead atoms. The van der Waals surface area contributed by atoms with Gasteiger partial charge in [-0.05, 0) is 22.8 Å². The molecule has 0 N–H and O–H groups in total. The second-order valence-electron chi connectivity index (χ2n) is 4.27. The van der Waals surface area contributed by atoms with Crippen LogP contribution in [-0.2, 0) is 23.0 Å². The highest BCUT2D eigenvalue weighted by Gasteiger charge is 2.23. The van der Waals surface area contributed by atoms with E-state index in [9.17, 15) is 4.79 Å². The minimum atomic E-state index is -0.197. The molecule has 0 aliphatic heterocycles. The zero-order valence-electron chi connectivity index (χ0n) is 10.2. The summed E-state index contributed by atoms with van der Waals surface area (Å²) in [7, 11) is 3.17. The number of hydrogen-bond acceptors (Lipinski definition) is 5. The number of carbonyl (C=O) groups excluding carboxylic acids is 1. The highest BCUT2D eigenvalue weighted by Crippen LogP contribution is 2.17. The number of methoxy groups -OCH3 is 1. The summed E-state index contributed by atoms with van der Waals surface area (Å²) in [6, 6.07) is 0. The smallest absolute Gasteiger partial charge is 0.309 e. The zero-order chi connectivity index (χ0) is 12.1. The summed E-state index contributed by atoms with van der Waals surface area (Å²) in [5, 5.41) is 11.2. The van der Waals surface area contributed by atoms with Crippen LogP contribution in [0, 0.1) is 11.8 Å². The van der Waals surface area contributed by atoms with E-state index in [0.717, 1.165) is 6.42 Å². The Hall–Kier alpha value is -1.46. The standard InChI is InChI=1S/C10H18N4O2/c1-7(2)5-8(10(15)16-4)6-9-11-12-13-14(9)3/h7-8H,5-6H2,1-4H3/t8-/m1/s1. The number of aromatic nitrogens is 4. The largest absolute Gasteiger partial charge is 0.469 e. The third-order valence-electron chi connectivity index (χ3n) is 2.43. The average molecular weight is 226 g/mol. The lowest BCUT2D eigenvalue weighted by Crippen LogP contribution is -2.22. The monoisotopic (exact) mass is 226 g/mol. The molecule has 1 heterocycles. The molecule has 6 heteroatoms. The van der Waals surface area contributed by atoms with Crippen LogP contribution in [0.5, 0.6) is 0 Å². The minimum Gasteiger partial charge on any atom is -0.469 e. The molecule has 1 aromatic rings. The maximum absolute atomic E-state index is 11.6. The van der Waals surface area contributed by atoms with Gasteiger partial charge in [0, 0.05) is 13.5 Å². The normalized spacial score (nSPS) is 12.8. The first-order valence-electron chi connectivity index (χ1n) is 5.33. The second kappa shape index (κ2) is 5.58. The maximum Gasteiger partial charge on any atom is 0.309 e. The fourth-order valence-electron chi connectivity index (χ4n) is 1.64. The highest BCUT2D eigenvalue weighted by atomic mass is 16.5. The lowest BCUT2D eigenvalue weighted by molar-refractivity contribution is -0.146. The van der Waals surface area contributed by atoms with Crippen molar-refractivity contribution in [2.24, 2.45) is 18.9 Å². The van der Waals surface area contributed by atoms with Gasteiger partial charge in [0.05, 0.1) is 13.0 Å². The van der Waals surface area contributed by atoms with Gasteiger partial charge in [0.2, 0.25) is 0 Å². The van der Waals surface area contributed by atoms with Gasteiger partial charge in [-0.3, -0.25) is 4.79 Å². The number of carbonyl (C=O) groups is 1. The van der Waals surface area contributed by atoms with Crippen molar-refractivity contribution in [2.45, 2.75) is 26.7 Å². The topological polar surface area (TPSA) is 69.9 Å². The van der Waals surface area contributed by atoms with Crippen molar-refractivity contribution in [3.8, 4) is 0 Å². The first-order valence-corrected chi connectivity index (χ1v) is 5.33. The van der Waals surface area contributed by atoms with Crippen molar-refractivity contribution in [1.82, 2.24) is 20.2 Å². The number of ether oxygens (including phenoxy) is 1. The Labute approximate surface area is 95.0 Å². The summed E-state index contributed by atoms with van der Waals surface area (Å²) < 4.78 is 6.36. The molecule has 0 amide bonds. The van der Waals surface area contributed by atoms with E-state index in [1.54, 1.807) is 11.7 Å². The van der Waals surface area contributed by atoms with E-state index < -0.39 is 0 Å². The Kier molecular flexibility index (Phi) is 4.39. The molecule has 0 aromatic carbocycles. The molecule has 6 nitrogen and oxygen atoms in total. The molecule has 90 valence electrons. The maximum atomic E-state index is 11.6. The van der Waals surface area contributed by atoms with Gasteiger partial charge >= 0.3 is 5.97 Å². The summed E-state index contributed by atoms with van der Waals surface area (Å²) >= 11 is 0. The van der Waals surface area contributed by atoms with Crippen LogP contribution in [0.1, 0.15) is 26.1 Å². The highest BCUT2D eigenvalue weighted by molar-refractivity contribution is 5.72. The SMILES string of the molecule is COC(=O)[C@@H](Cc1nnnn1C)CC(C)C. The zero-order valence-corrected chi connectivity index (χ0v) is 10.2. The molecule has 0 fully saturated rings. The van der Waals surface area contributed by atoms with Crippen LogP contribution in [-0.4, -0.2) is 33.3 Å². The molecule has 0 radical (unpaired) electrons. The van der Waals surface area contributed by atoms with E-state index in [-0.39, 0.29) is 11.9 Å². The Balaban J connectivity index is 2.70. The van der Waals surface area contributed by atoms with Gasteiger partial charge in [-0.1, -0.05) is 13.8 Å². The number of nitrogens with zero attached hydrogens (tertiary/aromatic N) is 4. The van der Waals surface area contributed by atoms with Gasteiger partial charge in [-0.2, -0.15) is 0 Å². The van der Waals surface area contributed by atoms with E-state index >= 15 is 0 Å². The first-order chi connectivity index (χ1) is 7.54. The predicted octanol–water partition coefficient (Wildman–Crippen LogP) is 0.588. The summed E-state index contributed by atoms with van der Waals surface area (Å²) in [5.74, 6) is 0.771. The van der Waals surface area contributed by atoms with Crippen LogP contribution in [0.2, 0.25) is 0 Å². The molecule has 1 aromatic heterocycles. The van der Waals surface area contributed by atoms with Gasteiger partial charge in [0.1, 0.15) is 0 Å². The van der Waals surface area contributed by atoms with Crippen LogP contribution < -0.4 is 0 Å². The molecule has 0 unspecified atom stereocenters. The molecule has 0 saturated carbocycles. The van der Waals surface area contributed by atoms with Crippen LogP contribution >= 0.6 is 0 Å². The first kappa shape index (κ1) is 12.6. The van der Waals surface area contributed by atoms with Gasteiger partial charge in [0.15, 0.2) is 5.82 Å². The van der Waals surface area contributed by atoms with Crippen molar-refractivity contribution in [2.75, 3.05) is 7.11 Å². The van der Waals surface area contributed by atoms with E-state index in [1.165, 1.54) is 7.11 Å². The van der Waals surface area contributed by atoms with Crippen molar-refractivity contribution >= 4 is 5.97 Å². The third kappa shape index (κ3) is 3.29. The van der Waals surface area contributed by atoms with Crippen LogP contribution in [0.4, 0.5) is 0 Å². The van der Waals surface area contributed by atoms with Crippen LogP contribution in [0.15, 0.2) is 0 Å². The quantitative estimate of drug-likeness (QED) is 0.687. The molecule has 0 spiro atoms. The van der Waals surface area contributed by atoms with Crippen LogP contribution in [0.25, 0.3) is 0 Å². The second-order valence-corrected chi connectivity index (χ2v) is 4.27. The molecule has 0 saturated heterocycles. The summed E-state index contributed by atoms with van der Waals surface area (Å²) in [6.45, 7) is 4.15. The molecule has 0 aliphatic carbocycles. The number of rotatable bonds is 5. The number of tetrazole rings is 1. The Bertz CT molecular complexity index is 348. The predicted molar refractivity (Wildman–Crippen MR) is 57.5 cm³/mol. The van der Waals surface area contributed by atoms with E-state index in [0.29, 0.717) is 18.2 Å². The summed E-state index contributed by atoms with van der Waals surface area (Å²) in [6.07, 6.45) is 1.30. The molecular formula is C10H18N4O2. The third-order valence-corrected chi connectivity index (χ3v) is 2.43. The minimum absolute atomic E-state index is 0.172. The van der Waals surface area contributed by atoms with E-state index in [4.69, 9.17) is 4.74 Å². The summed E-state index contributed by atoms with van der Waals surface area (Å²) in [4.78, 5) is 11.6. The molecule has 1 rings (SSSR count). The Morgan fingerprint density at radius 2 is 2.19 bits per heavy atom. The van der Waals surface area contributed by atoms with E-state index in [2.05, 4.69) is 29.4 Å². The van der Waals surface area contributed by atoms with Crippen molar-refractivity contribution < 1.29 is 9.53 Å². The van der Waals surface area contributed by atoms with Gasteiger partial charge in [0.25, 0.3) is 0 Å². The fourth-order valence-corrected chi connectivity index (χ4v) is 1.64. The number of esters is 1. The van der Waals surface area contributed by atoms with Crippen LogP contribution in [0.3, 0.4) is 0 Å². The lowest BCUT2D eigenvalue weighted by Gasteiger charge is -2.15. The molecular weight excluding hydrogens is 208 g/mol. The molecule has 16 heavy (non-hydrogen) atoms. The summed E-state index contributed by atoms with van der Waals surface area (Å²) in [5.41, 5.74) is 0. The Morgan fingerprint density at radius 1 is 1.50 bits per heavy atom. The number of aryl methyl sites for hydroxylation is 1. The number of hydrogen-bond donors (Lipinski definition) is 0. The molecule has 0 aliphatic rings. The fraction of sp³-hybridized carbons (Fsp3) is 0.800. The van der Waals surface area contributed by atoms with Crippen molar-refractivity contribution in [1.29, 1.82) is 0 Å². The van der Waals surface area contributed by atoms with Gasteiger partial charge in [-0.15, -0.1) is 5.10 Å². The van der Waals surface area contributed by atoms with Gasteiger partial charge < -0.3 is 4.74 Å². The van der Waals surface area contributed by atoms with Crippen molar-refractivity contribution in [3.63, 3.8) is 0 Å². The van der Waals surface area contributed by atoms with Gasteiger partial charge in [-0.25, -0.2) is 4.68 Å². The average Bonchev–Trinajstić information content (AvgIpc) is 2.61.